The number of esters is 2. The fourth-order valence-corrected chi connectivity index (χ4v) is 4.68. The smallest absolute Gasteiger partial charge is 0.329 e. The van der Waals surface area contributed by atoms with Gasteiger partial charge in [0.2, 0.25) is 5.91 Å². The lowest BCUT2D eigenvalue weighted by Gasteiger charge is -2.30. The molecule has 40 heavy (non-hydrogen) atoms. The number of carbonyl (C=O) groups excluding carboxylic acids is 4. The van der Waals surface area contributed by atoms with E-state index < -0.39 is 48.2 Å². The van der Waals surface area contributed by atoms with E-state index in [1.54, 1.807) is 13.8 Å². The van der Waals surface area contributed by atoms with Crippen molar-refractivity contribution < 1.29 is 33.8 Å². The molecule has 1 aliphatic heterocycles. The lowest BCUT2D eigenvalue weighted by Crippen LogP contribution is -2.55. The first kappa shape index (κ1) is 33.2. The molecular formula is C30H47N3O7. The third kappa shape index (κ3) is 9.89. The van der Waals surface area contributed by atoms with E-state index in [0.29, 0.717) is 25.8 Å². The Balaban J connectivity index is 2.09. The zero-order valence-electron chi connectivity index (χ0n) is 24.7. The molecule has 4 N–H and O–H groups in total. The lowest BCUT2D eigenvalue weighted by molar-refractivity contribution is -0.162. The maximum Gasteiger partial charge on any atom is 0.329 e. The Morgan fingerprint density at radius 1 is 1.05 bits per heavy atom. The van der Waals surface area contributed by atoms with Crippen molar-refractivity contribution in [2.75, 3.05) is 6.54 Å². The number of hydrogen-bond acceptors (Lipinski definition) is 8. The molecular weight excluding hydrogens is 514 g/mol. The first-order chi connectivity index (χ1) is 18.8. The number of nitrogens with zero attached hydrogens (tertiary/aromatic N) is 1. The summed E-state index contributed by atoms with van der Waals surface area (Å²) in [7, 11) is 0. The van der Waals surface area contributed by atoms with E-state index in [1.807, 2.05) is 58.0 Å². The molecule has 1 heterocycles. The normalized spacial score (nSPS) is 18.4. The number of carbonyl (C=O) groups is 4. The van der Waals surface area contributed by atoms with E-state index in [2.05, 4.69) is 5.32 Å². The van der Waals surface area contributed by atoms with E-state index in [0.717, 1.165) is 5.56 Å². The standard InChI is InChI=1S/C30H47N3O7/c1-18(2)15-22(32-28(36)27(20(5)6)40-25(35)16-24(34)26(31)19(3)4)29(37)33-14-10-13-23(33)30(38)39-17-21-11-8-7-9-12-21/h7-9,11-12,18-20,22-24,26-27,34H,10,13-17,31H2,1-6H3,(H,32,36)/t22-,23-,24-,26+,27-/m0/s1. The molecule has 0 radical (unpaired) electrons. The summed E-state index contributed by atoms with van der Waals surface area (Å²) in [6, 6.07) is 7.06. The number of benzene rings is 1. The maximum absolute atomic E-state index is 13.7. The minimum absolute atomic E-state index is 0.0418. The van der Waals surface area contributed by atoms with Gasteiger partial charge in [-0.3, -0.25) is 14.4 Å². The lowest BCUT2D eigenvalue weighted by atomic mass is 9.97. The molecule has 0 aromatic heterocycles. The van der Waals surface area contributed by atoms with E-state index >= 15 is 0 Å². The van der Waals surface area contributed by atoms with Crippen molar-refractivity contribution >= 4 is 23.8 Å². The van der Waals surface area contributed by atoms with Crippen LogP contribution in [0.1, 0.15) is 72.8 Å². The van der Waals surface area contributed by atoms with Gasteiger partial charge in [-0.15, -0.1) is 0 Å². The molecule has 2 amide bonds. The van der Waals surface area contributed by atoms with Gasteiger partial charge < -0.3 is 30.5 Å². The quantitative estimate of drug-likeness (QED) is 0.294. The topological polar surface area (TPSA) is 148 Å². The highest BCUT2D eigenvalue weighted by Crippen LogP contribution is 2.22. The van der Waals surface area contributed by atoms with Crippen LogP contribution in [0.5, 0.6) is 0 Å². The average Bonchev–Trinajstić information content (AvgIpc) is 3.39. The highest BCUT2D eigenvalue weighted by Gasteiger charge is 2.40. The second kappa shape index (κ2) is 15.7. The van der Waals surface area contributed by atoms with Gasteiger partial charge in [0.15, 0.2) is 6.10 Å². The van der Waals surface area contributed by atoms with Gasteiger partial charge in [-0.25, -0.2) is 4.79 Å². The first-order valence-corrected chi connectivity index (χ1v) is 14.3. The van der Waals surface area contributed by atoms with Gasteiger partial charge in [-0.1, -0.05) is 71.9 Å². The van der Waals surface area contributed by atoms with Crippen LogP contribution in [0.3, 0.4) is 0 Å². The summed E-state index contributed by atoms with van der Waals surface area (Å²) >= 11 is 0. The van der Waals surface area contributed by atoms with Crippen molar-refractivity contribution in [2.45, 2.75) is 104 Å². The highest BCUT2D eigenvalue weighted by atomic mass is 16.5. The molecule has 0 spiro atoms. The van der Waals surface area contributed by atoms with E-state index in [9.17, 15) is 24.3 Å². The van der Waals surface area contributed by atoms with Gasteiger partial charge in [0.1, 0.15) is 18.7 Å². The Labute approximate surface area is 238 Å². The second-order valence-corrected chi connectivity index (χ2v) is 11.7. The number of likely N-dealkylation sites (tertiary alicyclic amines) is 1. The molecule has 2 rings (SSSR count). The van der Waals surface area contributed by atoms with Crippen LogP contribution in [0.2, 0.25) is 0 Å². The molecule has 0 saturated carbocycles. The van der Waals surface area contributed by atoms with E-state index in [-0.39, 0.29) is 36.7 Å². The first-order valence-electron chi connectivity index (χ1n) is 14.3. The minimum Gasteiger partial charge on any atom is -0.459 e. The van der Waals surface area contributed by atoms with Crippen LogP contribution in [0.25, 0.3) is 0 Å². The summed E-state index contributed by atoms with van der Waals surface area (Å²) in [4.78, 5) is 53.9. The SMILES string of the molecule is CC(C)C[C@H](NC(=O)[C@@H](OC(=O)C[C@H](O)[C@H](N)C(C)C)C(C)C)C(=O)N1CCC[C@H]1C(=O)OCc1ccccc1. The fourth-order valence-electron chi connectivity index (χ4n) is 4.68. The Hall–Kier alpha value is -2.98. The molecule has 10 heteroatoms. The Bertz CT molecular complexity index is 983. The summed E-state index contributed by atoms with van der Waals surface area (Å²) in [5.41, 5.74) is 6.78. The summed E-state index contributed by atoms with van der Waals surface area (Å²) in [6.45, 7) is 11.5. The molecule has 224 valence electrons. The van der Waals surface area contributed by atoms with Gasteiger partial charge in [-0.05, 0) is 42.6 Å². The van der Waals surface area contributed by atoms with Crippen LogP contribution < -0.4 is 11.1 Å². The Morgan fingerprint density at radius 3 is 2.27 bits per heavy atom. The highest BCUT2D eigenvalue weighted by molar-refractivity contribution is 5.93. The Kier molecular flexibility index (Phi) is 13.1. The minimum atomic E-state index is -1.16. The molecule has 0 unspecified atom stereocenters. The third-order valence-corrected chi connectivity index (χ3v) is 7.07. The predicted molar refractivity (Wildman–Crippen MR) is 151 cm³/mol. The number of aliphatic hydroxyl groups is 1. The van der Waals surface area contributed by atoms with Crippen LogP contribution in [-0.4, -0.2) is 70.6 Å². The molecule has 1 aromatic carbocycles. The number of hydrogen-bond donors (Lipinski definition) is 3. The largest absolute Gasteiger partial charge is 0.459 e. The summed E-state index contributed by atoms with van der Waals surface area (Å²) in [5, 5.41) is 13.0. The molecule has 10 nitrogen and oxygen atoms in total. The van der Waals surface area contributed by atoms with Crippen molar-refractivity contribution in [2.24, 2.45) is 23.5 Å². The van der Waals surface area contributed by atoms with Crippen LogP contribution in [0.4, 0.5) is 0 Å². The number of rotatable bonds is 14. The maximum atomic E-state index is 13.7. The van der Waals surface area contributed by atoms with Gasteiger partial charge in [-0.2, -0.15) is 0 Å². The van der Waals surface area contributed by atoms with Crippen molar-refractivity contribution in [3.8, 4) is 0 Å². The molecule has 1 saturated heterocycles. The summed E-state index contributed by atoms with van der Waals surface area (Å²) < 4.78 is 11.0. The average molecular weight is 562 g/mol. The van der Waals surface area contributed by atoms with Gasteiger partial charge in [0.05, 0.1) is 12.5 Å². The molecule has 0 bridgehead atoms. The second-order valence-electron chi connectivity index (χ2n) is 11.7. The van der Waals surface area contributed by atoms with E-state index in [4.69, 9.17) is 15.2 Å². The monoisotopic (exact) mass is 561 g/mol. The van der Waals surface area contributed by atoms with E-state index in [1.165, 1.54) is 4.90 Å². The van der Waals surface area contributed by atoms with Crippen molar-refractivity contribution in [3.63, 3.8) is 0 Å². The summed E-state index contributed by atoms with van der Waals surface area (Å²) in [5.74, 6) is -2.56. The third-order valence-electron chi connectivity index (χ3n) is 7.07. The molecule has 0 aliphatic carbocycles. The van der Waals surface area contributed by atoms with Crippen LogP contribution >= 0.6 is 0 Å². The van der Waals surface area contributed by atoms with Gasteiger partial charge >= 0.3 is 11.9 Å². The molecule has 5 atom stereocenters. The number of amides is 2. The van der Waals surface area contributed by atoms with Gasteiger partial charge in [0, 0.05) is 12.6 Å². The van der Waals surface area contributed by atoms with Crippen LogP contribution in [0.15, 0.2) is 30.3 Å². The number of nitrogens with two attached hydrogens (primary N) is 1. The van der Waals surface area contributed by atoms with Crippen molar-refractivity contribution in [1.82, 2.24) is 10.2 Å². The molecule has 1 fully saturated rings. The fraction of sp³-hybridized carbons (Fsp3) is 0.667. The summed E-state index contributed by atoms with van der Waals surface area (Å²) in [6.07, 6.45) is -1.14. The molecule has 1 aromatic rings. The predicted octanol–water partition coefficient (Wildman–Crippen LogP) is 2.55. The number of ether oxygens (including phenoxy) is 2. The Morgan fingerprint density at radius 2 is 1.70 bits per heavy atom. The van der Waals surface area contributed by atoms with Crippen LogP contribution in [0, 0.1) is 17.8 Å². The van der Waals surface area contributed by atoms with Gasteiger partial charge in [0.25, 0.3) is 5.91 Å². The zero-order valence-corrected chi connectivity index (χ0v) is 24.7. The van der Waals surface area contributed by atoms with Crippen molar-refractivity contribution in [1.29, 1.82) is 0 Å². The van der Waals surface area contributed by atoms with Crippen molar-refractivity contribution in [3.05, 3.63) is 35.9 Å². The number of nitrogens with one attached hydrogen (secondary N) is 1. The molecule has 1 aliphatic rings. The number of aliphatic hydroxyl groups excluding tert-OH is 1. The van der Waals surface area contributed by atoms with Crippen LogP contribution in [-0.2, 0) is 35.3 Å². The zero-order chi connectivity index (χ0) is 30.0.